The standard InChI is InChI=1S/C22H20BrFN4O4S/c1-4-31-21(29)16(25-3)11-15-17(22(30)32-5-2)18(13-7-6-12(24)10-14(13)23)28-19(27-15)20-26-8-9-33-20/h6-10,16,18H,4-5,11H2,1-2H3,(H,27,28). The SMILES string of the molecule is [C-]#[N+]C(CC1=C(C(=O)OCC)C(c2ccc(F)cc2Br)N=C(c2nccs2)N1)C(=O)OCC. The van der Waals surface area contributed by atoms with E-state index in [0.29, 0.717) is 26.6 Å². The normalized spacial score (nSPS) is 16.3. The summed E-state index contributed by atoms with van der Waals surface area (Å²) in [5.74, 6) is -1.44. The second-order valence-electron chi connectivity index (χ2n) is 6.72. The Bertz CT molecular complexity index is 1140. The van der Waals surface area contributed by atoms with Crippen LogP contribution in [0.5, 0.6) is 0 Å². The number of esters is 2. The van der Waals surface area contributed by atoms with Crippen LogP contribution in [0, 0.1) is 12.4 Å². The number of carbonyl (C=O) groups is 2. The van der Waals surface area contributed by atoms with Crippen LogP contribution >= 0.6 is 27.3 Å². The second-order valence-corrected chi connectivity index (χ2v) is 8.47. The minimum atomic E-state index is -1.18. The Morgan fingerprint density at radius 3 is 2.70 bits per heavy atom. The lowest BCUT2D eigenvalue weighted by Crippen LogP contribution is -2.36. The highest BCUT2D eigenvalue weighted by molar-refractivity contribution is 9.10. The van der Waals surface area contributed by atoms with Gasteiger partial charge in [0.1, 0.15) is 11.9 Å². The van der Waals surface area contributed by atoms with E-state index in [1.807, 2.05) is 0 Å². The second kappa shape index (κ2) is 11.2. The summed E-state index contributed by atoms with van der Waals surface area (Å²) in [7, 11) is 0. The first-order valence-corrected chi connectivity index (χ1v) is 11.7. The fourth-order valence-corrected chi connectivity index (χ4v) is 4.37. The molecule has 2 unspecified atom stereocenters. The minimum absolute atomic E-state index is 0.111. The number of nitrogens with zero attached hydrogens (tertiary/aromatic N) is 3. The Morgan fingerprint density at radius 2 is 2.09 bits per heavy atom. The summed E-state index contributed by atoms with van der Waals surface area (Å²) in [6.45, 7) is 11.0. The third-order valence-electron chi connectivity index (χ3n) is 4.63. The van der Waals surface area contributed by atoms with Crippen molar-refractivity contribution in [2.75, 3.05) is 13.2 Å². The molecule has 0 bridgehead atoms. The van der Waals surface area contributed by atoms with E-state index in [-0.39, 0.29) is 25.2 Å². The van der Waals surface area contributed by atoms with Crippen molar-refractivity contribution in [1.82, 2.24) is 10.3 Å². The van der Waals surface area contributed by atoms with Crippen molar-refractivity contribution in [3.63, 3.8) is 0 Å². The molecule has 2 heterocycles. The van der Waals surface area contributed by atoms with E-state index >= 15 is 0 Å². The van der Waals surface area contributed by atoms with E-state index in [2.05, 4.69) is 36.1 Å². The van der Waals surface area contributed by atoms with Crippen LogP contribution in [-0.4, -0.2) is 42.0 Å². The fraction of sp³-hybridized carbons (Fsp3) is 0.318. The Hall–Kier alpha value is -3.10. The molecule has 0 fully saturated rings. The van der Waals surface area contributed by atoms with E-state index in [4.69, 9.17) is 16.0 Å². The number of ether oxygens (including phenoxy) is 2. The summed E-state index contributed by atoms with van der Waals surface area (Å²) < 4.78 is 24.5. The molecule has 0 saturated heterocycles. The number of thiazole rings is 1. The van der Waals surface area contributed by atoms with Crippen molar-refractivity contribution >= 4 is 45.0 Å². The van der Waals surface area contributed by atoms with Gasteiger partial charge >= 0.3 is 18.0 Å². The lowest BCUT2D eigenvalue weighted by molar-refractivity contribution is -0.144. The number of rotatable bonds is 8. The van der Waals surface area contributed by atoms with Gasteiger partial charge in [-0.25, -0.2) is 25.5 Å². The maximum atomic E-state index is 13.8. The van der Waals surface area contributed by atoms with Gasteiger partial charge in [0.25, 0.3) is 0 Å². The third kappa shape index (κ3) is 5.64. The molecule has 8 nitrogen and oxygen atoms in total. The Kier molecular flexibility index (Phi) is 8.30. The zero-order valence-electron chi connectivity index (χ0n) is 17.8. The van der Waals surface area contributed by atoms with Crippen LogP contribution in [0.4, 0.5) is 4.39 Å². The number of carbonyl (C=O) groups excluding carboxylic acids is 2. The predicted molar refractivity (Wildman–Crippen MR) is 124 cm³/mol. The number of aliphatic imine (C=N–C) groups is 1. The van der Waals surface area contributed by atoms with Crippen molar-refractivity contribution in [2.24, 2.45) is 4.99 Å². The Morgan fingerprint density at radius 1 is 1.33 bits per heavy atom. The van der Waals surface area contributed by atoms with Crippen molar-refractivity contribution in [1.29, 1.82) is 0 Å². The zero-order chi connectivity index (χ0) is 24.0. The highest BCUT2D eigenvalue weighted by atomic mass is 79.9. The average molecular weight is 535 g/mol. The monoisotopic (exact) mass is 534 g/mol. The van der Waals surface area contributed by atoms with E-state index in [9.17, 15) is 14.0 Å². The molecule has 11 heteroatoms. The Labute approximate surface area is 202 Å². The molecule has 33 heavy (non-hydrogen) atoms. The van der Waals surface area contributed by atoms with Gasteiger partial charge in [0.2, 0.25) is 0 Å². The smallest absolute Gasteiger partial charge is 0.390 e. The maximum Gasteiger partial charge on any atom is 0.390 e. The van der Waals surface area contributed by atoms with Crippen LogP contribution in [0.15, 0.2) is 50.5 Å². The predicted octanol–water partition coefficient (Wildman–Crippen LogP) is 4.19. The van der Waals surface area contributed by atoms with Crippen LogP contribution in [0.1, 0.15) is 36.9 Å². The van der Waals surface area contributed by atoms with Crippen molar-refractivity contribution in [3.05, 3.63) is 73.3 Å². The van der Waals surface area contributed by atoms with Crippen LogP contribution in [-0.2, 0) is 19.1 Å². The minimum Gasteiger partial charge on any atom is -0.463 e. The molecule has 2 atom stereocenters. The molecular weight excluding hydrogens is 515 g/mol. The fourth-order valence-electron chi connectivity index (χ4n) is 3.22. The van der Waals surface area contributed by atoms with Crippen LogP contribution in [0.3, 0.4) is 0 Å². The zero-order valence-corrected chi connectivity index (χ0v) is 20.2. The largest absolute Gasteiger partial charge is 0.463 e. The molecular formula is C22H20BrFN4O4S. The van der Waals surface area contributed by atoms with E-state index < -0.39 is 29.8 Å². The van der Waals surface area contributed by atoms with Crippen LogP contribution in [0.2, 0.25) is 0 Å². The van der Waals surface area contributed by atoms with Crippen molar-refractivity contribution in [3.8, 4) is 0 Å². The lowest BCUT2D eigenvalue weighted by Gasteiger charge is -2.27. The number of hydrogen-bond donors (Lipinski definition) is 1. The molecule has 0 saturated carbocycles. The van der Waals surface area contributed by atoms with E-state index in [0.717, 1.165) is 0 Å². The van der Waals surface area contributed by atoms with Gasteiger partial charge in [-0.15, -0.1) is 11.3 Å². The van der Waals surface area contributed by atoms with Gasteiger partial charge in [-0.2, -0.15) is 0 Å². The van der Waals surface area contributed by atoms with Crippen molar-refractivity contribution < 1.29 is 23.5 Å². The maximum absolute atomic E-state index is 13.8. The topological polar surface area (TPSA) is 94.2 Å². The summed E-state index contributed by atoms with van der Waals surface area (Å²) in [6, 6.07) is 2.00. The summed E-state index contributed by atoms with van der Waals surface area (Å²) in [4.78, 5) is 37.7. The van der Waals surface area contributed by atoms with E-state index in [1.54, 1.807) is 25.4 Å². The molecule has 0 spiro atoms. The summed E-state index contributed by atoms with van der Waals surface area (Å²) in [5, 5.41) is 5.39. The third-order valence-corrected chi connectivity index (χ3v) is 6.09. The number of nitrogens with one attached hydrogen (secondary N) is 1. The van der Waals surface area contributed by atoms with Gasteiger partial charge in [0.15, 0.2) is 10.8 Å². The molecule has 1 aliphatic heterocycles. The number of benzene rings is 1. The highest BCUT2D eigenvalue weighted by Gasteiger charge is 2.37. The molecule has 0 radical (unpaired) electrons. The molecule has 2 aromatic rings. The van der Waals surface area contributed by atoms with Crippen LogP contribution < -0.4 is 5.32 Å². The van der Waals surface area contributed by atoms with Gasteiger partial charge in [0.05, 0.1) is 25.2 Å². The lowest BCUT2D eigenvalue weighted by atomic mass is 9.93. The van der Waals surface area contributed by atoms with E-state index in [1.165, 1.54) is 29.5 Å². The quantitative estimate of drug-likeness (QED) is 0.403. The average Bonchev–Trinajstić information content (AvgIpc) is 3.32. The summed E-state index contributed by atoms with van der Waals surface area (Å²) >= 11 is 4.68. The highest BCUT2D eigenvalue weighted by Crippen LogP contribution is 2.38. The molecule has 172 valence electrons. The van der Waals surface area contributed by atoms with Gasteiger partial charge < -0.3 is 19.6 Å². The number of aromatic nitrogens is 1. The summed E-state index contributed by atoms with van der Waals surface area (Å²) in [5.41, 5.74) is 0.939. The molecule has 0 amide bonds. The first-order chi connectivity index (χ1) is 15.9. The number of halogens is 2. The summed E-state index contributed by atoms with van der Waals surface area (Å²) in [6.07, 6.45) is 1.48. The number of amidine groups is 1. The van der Waals surface area contributed by atoms with Crippen molar-refractivity contribution in [2.45, 2.75) is 32.4 Å². The first-order valence-electron chi connectivity index (χ1n) is 10.0. The van der Waals surface area contributed by atoms with Gasteiger partial charge in [-0.3, -0.25) is 4.99 Å². The molecule has 1 N–H and O–H groups in total. The van der Waals surface area contributed by atoms with Gasteiger partial charge in [-0.1, -0.05) is 22.0 Å². The molecule has 1 aromatic heterocycles. The van der Waals surface area contributed by atoms with Gasteiger partial charge in [0, 0.05) is 21.7 Å². The van der Waals surface area contributed by atoms with Crippen LogP contribution in [0.25, 0.3) is 4.85 Å². The first kappa shape index (κ1) is 24.5. The molecule has 1 aromatic carbocycles. The molecule has 3 rings (SSSR count). The molecule has 0 aliphatic carbocycles. The molecule has 1 aliphatic rings. The van der Waals surface area contributed by atoms with Gasteiger partial charge in [-0.05, 0) is 31.5 Å². The number of hydrogen-bond acceptors (Lipinski definition) is 8. The Balaban J connectivity index is 2.17.